The SMILES string of the molecule is CS(=O)(=O)c1ccc(Br)c(O[C@@H]2CCCCO2)c1. The lowest BCUT2D eigenvalue weighted by molar-refractivity contribution is -0.106. The van der Waals surface area contributed by atoms with Gasteiger partial charge in [0.1, 0.15) is 5.75 Å². The summed E-state index contributed by atoms with van der Waals surface area (Å²) >= 11 is 3.35. The number of hydrogen-bond donors (Lipinski definition) is 0. The average molecular weight is 335 g/mol. The summed E-state index contributed by atoms with van der Waals surface area (Å²) in [6, 6.07) is 4.75. The second-order valence-corrected chi connectivity index (χ2v) is 7.15. The molecule has 0 unspecified atom stereocenters. The highest BCUT2D eigenvalue weighted by Crippen LogP contribution is 2.30. The zero-order valence-corrected chi connectivity index (χ0v) is 12.5. The summed E-state index contributed by atoms with van der Waals surface area (Å²) in [5, 5.41) is 0. The van der Waals surface area contributed by atoms with Crippen LogP contribution in [0.5, 0.6) is 5.75 Å². The van der Waals surface area contributed by atoms with E-state index in [1.165, 1.54) is 12.3 Å². The van der Waals surface area contributed by atoms with Gasteiger partial charge in [-0.05, 0) is 40.9 Å². The Balaban J connectivity index is 2.21. The van der Waals surface area contributed by atoms with Crippen molar-refractivity contribution in [2.45, 2.75) is 30.4 Å². The van der Waals surface area contributed by atoms with Crippen molar-refractivity contribution in [2.24, 2.45) is 0 Å². The van der Waals surface area contributed by atoms with E-state index in [-0.39, 0.29) is 11.2 Å². The molecule has 0 saturated carbocycles. The molecule has 1 aromatic rings. The molecule has 0 radical (unpaired) electrons. The van der Waals surface area contributed by atoms with Gasteiger partial charge in [-0.25, -0.2) is 8.42 Å². The molecule has 4 nitrogen and oxygen atoms in total. The van der Waals surface area contributed by atoms with Crippen molar-refractivity contribution in [3.05, 3.63) is 22.7 Å². The molecule has 2 rings (SSSR count). The van der Waals surface area contributed by atoms with E-state index in [4.69, 9.17) is 9.47 Å². The van der Waals surface area contributed by atoms with Gasteiger partial charge in [-0.2, -0.15) is 0 Å². The molecule has 1 heterocycles. The molecule has 1 aliphatic rings. The Kier molecular flexibility index (Phi) is 4.29. The van der Waals surface area contributed by atoms with Crippen LogP contribution in [-0.2, 0) is 14.6 Å². The molecular weight excluding hydrogens is 320 g/mol. The Morgan fingerprint density at radius 3 is 2.78 bits per heavy atom. The van der Waals surface area contributed by atoms with Gasteiger partial charge in [-0.1, -0.05) is 0 Å². The number of benzene rings is 1. The lowest BCUT2D eigenvalue weighted by Crippen LogP contribution is -2.25. The second kappa shape index (κ2) is 5.59. The molecule has 1 fully saturated rings. The highest BCUT2D eigenvalue weighted by molar-refractivity contribution is 9.10. The fourth-order valence-electron chi connectivity index (χ4n) is 1.75. The summed E-state index contributed by atoms with van der Waals surface area (Å²) in [7, 11) is -3.22. The topological polar surface area (TPSA) is 52.6 Å². The maximum absolute atomic E-state index is 11.5. The molecule has 1 atom stereocenters. The predicted molar refractivity (Wildman–Crippen MR) is 71.5 cm³/mol. The monoisotopic (exact) mass is 334 g/mol. The van der Waals surface area contributed by atoms with Gasteiger partial charge in [0.2, 0.25) is 0 Å². The Morgan fingerprint density at radius 1 is 1.39 bits per heavy atom. The Morgan fingerprint density at radius 2 is 2.17 bits per heavy atom. The minimum atomic E-state index is -3.22. The molecule has 0 N–H and O–H groups in total. The first kappa shape index (κ1) is 13.8. The van der Waals surface area contributed by atoms with E-state index in [0.29, 0.717) is 12.4 Å². The zero-order valence-electron chi connectivity index (χ0n) is 10.1. The van der Waals surface area contributed by atoms with Crippen LogP contribution < -0.4 is 4.74 Å². The summed E-state index contributed by atoms with van der Waals surface area (Å²) in [5.41, 5.74) is 0. The van der Waals surface area contributed by atoms with E-state index >= 15 is 0 Å². The second-order valence-electron chi connectivity index (χ2n) is 4.28. The molecule has 1 aliphatic heterocycles. The van der Waals surface area contributed by atoms with Crippen molar-refractivity contribution >= 4 is 25.8 Å². The van der Waals surface area contributed by atoms with Gasteiger partial charge in [0.15, 0.2) is 16.1 Å². The molecule has 18 heavy (non-hydrogen) atoms. The van der Waals surface area contributed by atoms with Gasteiger partial charge in [-0.3, -0.25) is 0 Å². The Hall–Kier alpha value is -0.590. The minimum absolute atomic E-state index is 0.247. The van der Waals surface area contributed by atoms with Gasteiger partial charge in [-0.15, -0.1) is 0 Å². The highest BCUT2D eigenvalue weighted by Gasteiger charge is 2.18. The van der Waals surface area contributed by atoms with Crippen LogP contribution in [0.15, 0.2) is 27.6 Å². The van der Waals surface area contributed by atoms with Crippen molar-refractivity contribution in [1.82, 2.24) is 0 Å². The van der Waals surface area contributed by atoms with Crippen LogP contribution in [-0.4, -0.2) is 27.6 Å². The lowest BCUT2D eigenvalue weighted by Gasteiger charge is -2.24. The van der Waals surface area contributed by atoms with Crippen LogP contribution in [0.25, 0.3) is 0 Å². The van der Waals surface area contributed by atoms with E-state index in [9.17, 15) is 8.42 Å². The number of sulfone groups is 1. The highest BCUT2D eigenvalue weighted by atomic mass is 79.9. The van der Waals surface area contributed by atoms with Gasteiger partial charge < -0.3 is 9.47 Å². The summed E-state index contributed by atoms with van der Waals surface area (Å²) in [5.74, 6) is 0.504. The van der Waals surface area contributed by atoms with Crippen molar-refractivity contribution in [1.29, 1.82) is 0 Å². The van der Waals surface area contributed by atoms with Gasteiger partial charge in [0.25, 0.3) is 0 Å². The van der Waals surface area contributed by atoms with Gasteiger partial charge in [0, 0.05) is 18.7 Å². The van der Waals surface area contributed by atoms with Crippen molar-refractivity contribution in [3.63, 3.8) is 0 Å². The molecule has 1 aromatic carbocycles. The first-order chi connectivity index (χ1) is 8.47. The molecule has 0 amide bonds. The molecule has 0 spiro atoms. The third kappa shape index (κ3) is 3.46. The predicted octanol–water partition coefficient (Wildman–Crippen LogP) is 2.76. The van der Waals surface area contributed by atoms with Crippen molar-refractivity contribution in [2.75, 3.05) is 12.9 Å². The third-order valence-corrected chi connectivity index (χ3v) is 4.49. The van der Waals surface area contributed by atoms with Crippen LogP contribution in [0.3, 0.4) is 0 Å². The quantitative estimate of drug-likeness (QED) is 0.852. The van der Waals surface area contributed by atoms with E-state index in [0.717, 1.165) is 23.7 Å². The van der Waals surface area contributed by atoms with E-state index in [1.54, 1.807) is 12.1 Å². The average Bonchev–Trinajstić information content (AvgIpc) is 2.32. The smallest absolute Gasteiger partial charge is 0.199 e. The summed E-state index contributed by atoms with van der Waals surface area (Å²) in [4.78, 5) is 0.247. The van der Waals surface area contributed by atoms with Gasteiger partial charge >= 0.3 is 0 Å². The number of halogens is 1. The third-order valence-electron chi connectivity index (χ3n) is 2.73. The first-order valence-electron chi connectivity index (χ1n) is 5.75. The number of hydrogen-bond acceptors (Lipinski definition) is 4. The molecule has 100 valence electrons. The summed E-state index contributed by atoms with van der Waals surface area (Å²) in [6.07, 6.45) is 3.83. The van der Waals surface area contributed by atoms with Crippen LogP contribution in [0.4, 0.5) is 0 Å². The molecule has 1 saturated heterocycles. The fraction of sp³-hybridized carbons (Fsp3) is 0.500. The lowest BCUT2D eigenvalue weighted by atomic mass is 10.2. The van der Waals surface area contributed by atoms with E-state index in [2.05, 4.69) is 15.9 Å². The van der Waals surface area contributed by atoms with Crippen molar-refractivity contribution < 1.29 is 17.9 Å². The van der Waals surface area contributed by atoms with Gasteiger partial charge in [0.05, 0.1) is 16.0 Å². The maximum Gasteiger partial charge on any atom is 0.199 e. The molecule has 0 aliphatic carbocycles. The van der Waals surface area contributed by atoms with E-state index < -0.39 is 9.84 Å². The zero-order chi connectivity index (χ0) is 13.2. The van der Waals surface area contributed by atoms with E-state index in [1.807, 2.05) is 0 Å². The van der Waals surface area contributed by atoms with Crippen LogP contribution >= 0.6 is 15.9 Å². The molecule has 0 aromatic heterocycles. The maximum atomic E-state index is 11.5. The molecular formula is C12H15BrO4S. The fourth-order valence-corrected chi connectivity index (χ4v) is 2.73. The largest absolute Gasteiger partial charge is 0.464 e. The Labute approximate surface area is 115 Å². The summed E-state index contributed by atoms with van der Waals surface area (Å²) in [6.45, 7) is 0.689. The van der Waals surface area contributed by atoms with Crippen LogP contribution in [0, 0.1) is 0 Å². The molecule has 0 bridgehead atoms. The molecule has 6 heteroatoms. The number of ether oxygens (including phenoxy) is 2. The minimum Gasteiger partial charge on any atom is -0.464 e. The standard InChI is InChI=1S/C12H15BrO4S/c1-18(14,15)9-5-6-10(13)11(8-9)17-12-4-2-3-7-16-12/h5-6,8,12H,2-4,7H2,1H3/t12-/m1/s1. The van der Waals surface area contributed by atoms with Crippen molar-refractivity contribution in [3.8, 4) is 5.75 Å². The van der Waals surface area contributed by atoms with Crippen LogP contribution in [0.1, 0.15) is 19.3 Å². The number of rotatable bonds is 3. The first-order valence-corrected chi connectivity index (χ1v) is 8.43. The summed E-state index contributed by atoms with van der Waals surface area (Å²) < 4.78 is 34.9. The van der Waals surface area contributed by atoms with Crippen LogP contribution in [0.2, 0.25) is 0 Å². The Bertz CT molecular complexity index is 521. The normalized spacial score (nSPS) is 20.7.